The first-order chi connectivity index (χ1) is 10.1. The van der Waals surface area contributed by atoms with Gasteiger partial charge in [-0.3, -0.25) is 0 Å². The molecule has 1 aliphatic carbocycles. The van der Waals surface area contributed by atoms with E-state index in [1.165, 1.54) is 25.7 Å². The maximum Gasteiger partial charge on any atom is 0.125 e. The number of aliphatic hydroxyl groups is 1. The average molecular weight is 290 g/mol. The van der Waals surface area contributed by atoms with Gasteiger partial charge < -0.3 is 14.6 Å². The lowest BCUT2D eigenvalue weighted by molar-refractivity contribution is -0.108. The van der Waals surface area contributed by atoms with Gasteiger partial charge in [-0.15, -0.1) is 0 Å². The Labute approximate surface area is 127 Å². The quantitative estimate of drug-likeness (QED) is 0.917. The minimum atomic E-state index is -0.500. The summed E-state index contributed by atoms with van der Waals surface area (Å²) < 4.78 is 12.3. The normalized spacial score (nSPS) is 26.0. The average Bonchev–Trinajstić information content (AvgIpc) is 2.88. The summed E-state index contributed by atoms with van der Waals surface area (Å²) in [5.41, 5.74) is 2.11. The molecule has 1 saturated heterocycles. The van der Waals surface area contributed by atoms with E-state index in [4.69, 9.17) is 9.47 Å². The summed E-state index contributed by atoms with van der Waals surface area (Å²) in [5.74, 6) is 0.829. The Hall–Kier alpha value is -1.06. The number of rotatable bonds is 3. The molecule has 2 fully saturated rings. The SMILES string of the molecule is Cc1ccc(OC2CCOC3(CCCC3)C2)c([C@H](C)O)c1. The van der Waals surface area contributed by atoms with Crippen LogP contribution in [0, 0.1) is 6.92 Å². The molecule has 0 radical (unpaired) electrons. The first kappa shape index (κ1) is 14.9. The lowest BCUT2D eigenvalue weighted by Crippen LogP contribution is -2.41. The van der Waals surface area contributed by atoms with E-state index in [1.807, 2.05) is 25.1 Å². The highest BCUT2D eigenvalue weighted by Gasteiger charge is 2.40. The monoisotopic (exact) mass is 290 g/mol. The van der Waals surface area contributed by atoms with Crippen molar-refractivity contribution >= 4 is 0 Å². The Morgan fingerprint density at radius 2 is 2.10 bits per heavy atom. The summed E-state index contributed by atoms with van der Waals surface area (Å²) in [5, 5.41) is 9.96. The Morgan fingerprint density at radius 3 is 2.81 bits per heavy atom. The van der Waals surface area contributed by atoms with Crippen LogP contribution in [0.1, 0.15) is 62.7 Å². The Morgan fingerprint density at radius 1 is 1.33 bits per heavy atom. The van der Waals surface area contributed by atoms with Crippen LogP contribution in [-0.2, 0) is 4.74 Å². The second-order valence-electron chi connectivity index (χ2n) is 6.69. The molecule has 3 rings (SSSR count). The van der Waals surface area contributed by atoms with Crippen molar-refractivity contribution in [3.63, 3.8) is 0 Å². The van der Waals surface area contributed by atoms with Crippen molar-refractivity contribution in [2.75, 3.05) is 6.61 Å². The molecule has 1 aromatic rings. The van der Waals surface area contributed by atoms with Crippen molar-refractivity contribution in [3.05, 3.63) is 29.3 Å². The molecule has 1 spiro atoms. The van der Waals surface area contributed by atoms with E-state index in [0.717, 1.165) is 36.3 Å². The summed E-state index contributed by atoms with van der Waals surface area (Å²) in [7, 11) is 0. The Bertz CT molecular complexity index is 489. The number of aryl methyl sites for hydroxylation is 1. The van der Waals surface area contributed by atoms with E-state index in [9.17, 15) is 5.11 Å². The van der Waals surface area contributed by atoms with Crippen LogP contribution in [0.15, 0.2) is 18.2 Å². The zero-order valence-electron chi connectivity index (χ0n) is 13.1. The number of hydrogen-bond acceptors (Lipinski definition) is 3. The molecule has 2 aliphatic rings. The summed E-state index contributed by atoms with van der Waals surface area (Å²) in [6.45, 7) is 4.63. The topological polar surface area (TPSA) is 38.7 Å². The molecular weight excluding hydrogens is 264 g/mol. The second-order valence-corrected chi connectivity index (χ2v) is 6.69. The van der Waals surface area contributed by atoms with E-state index >= 15 is 0 Å². The largest absolute Gasteiger partial charge is 0.490 e. The van der Waals surface area contributed by atoms with Crippen molar-refractivity contribution in [2.45, 2.75) is 70.2 Å². The highest BCUT2D eigenvalue weighted by Crippen LogP contribution is 2.41. The molecule has 116 valence electrons. The van der Waals surface area contributed by atoms with E-state index in [0.29, 0.717) is 0 Å². The van der Waals surface area contributed by atoms with Crippen molar-refractivity contribution in [1.82, 2.24) is 0 Å². The molecule has 1 aliphatic heterocycles. The van der Waals surface area contributed by atoms with Gasteiger partial charge in [0, 0.05) is 18.4 Å². The molecule has 0 aromatic heterocycles. The summed E-state index contributed by atoms with van der Waals surface area (Å²) in [4.78, 5) is 0. The molecule has 1 aromatic carbocycles. The van der Waals surface area contributed by atoms with Crippen LogP contribution in [-0.4, -0.2) is 23.4 Å². The Kier molecular flexibility index (Phi) is 4.23. The van der Waals surface area contributed by atoms with Gasteiger partial charge in [0.1, 0.15) is 11.9 Å². The standard InChI is InChI=1S/C18H26O3/c1-13-5-6-17(16(11-13)14(2)19)21-15-7-10-20-18(12-15)8-3-4-9-18/h5-6,11,14-15,19H,3-4,7-10,12H2,1-2H3/t14-,15?/m0/s1. The van der Waals surface area contributed by atoms with Crippen molar-refractivity contribution < 1.29 is 14.6 Å². The van der Waals surface area contributed by atoms with Crippen molar-refractivity contribution in [2.24, 2.45) is 0 Å². The van der Waals surface area contributed by atoms with Crippen LogP contribution in [0.25, 0.3) is 0 Å². The van der Waals surface area contributed by atoms with Gasteiger partial charge in [0.25, 0.3) is 0 Å². The van der Waals surface area contributed by atoms with Crippen LogP contribution in [0.5, 0.6) is 5.75 Å². The minimum Gasteiger partial charge on any atom is -0.490 e. The van der Waals surface area contributed by atoms with Gasteiger partial charge >= 0.3 is 0 Å². The van der Waals surface area contributed by atoms with E-state index in [1.54, 1.807) is 6.92 Å². The highest BCUT2D eigenvalue weighted by molar-refractivity contribution is 5.38. The van der Waals surface area contributed by atoms with Gasteiger partial charge in [-0.05, 0) is 38.8 Å². The summed E-state index contributed by atoms with van der Waals surface area (Å²) in [6.07, 6.45) is 6.52. The zero-order valence-corrected chi connectivity index (χ0v) is 13.1. The van der Waals surface area contributed by atoms with Gasteiger partial charge in [-0.1, -0.05) is 24.5 Å². The predicted molar refractivity (Wildman–Crippen MR) is 82.6 cm³/mol. The molecule has 1 unspecified atom stereocenters. The highest BCUT2D eigenvalue weighted by atomic mass is 16.5. The smallest absolute Gasteiger partial charge is 0.125 e. The van der Waals surface area contributed by atoms with Gasteiger partial charge in [0.05, 0.1) is 18.3 Å². The van der Waals surface area contributed by atoms with E-state index < -0.39 is 6.10 Å². The predicted octanol–water partition coefficient (Wildman–Crippen LogP) is 3.92. The number of aliphatic hydroxyl groups excluding tert-OH is 1. The van der Waals surface area contributed by atoms with Crippen LogP contribution in [0.3, 0.4) is 0 Å². The van der Waals surface area contributed by atoms with Crippen LogP contribution in [0.4, 0.5) is 0 Å². The maximum atomic E-state index is 9.96. The lowest BCUT2D eigenvalue weighted by atomic mass is 9.90. The molecule has 21 heavy (non-hydrogen) atoms. The van der Waals surface area contributed by atoms with Gasteiger partial charge in [-0.2, -0.15) is 0 Å². The van der Waals surface area contributed by atoms with Crippen LogP contribution < -0.4 is 4.74 Å². The third-order valence-electron chi connectivity index (χ3n) is 4.87. The van der Waals surface area contributed by atoms with E-state index in [2.05, 4.69) is 0 Å². The van der Waals surface area contributed by atoms with Crippen molar-refractivity contribution in [1.29, 1.82) is 0 Å². The fourth-order valence-corrected chi connectivity index (χ4v) is 3.73. The molecular formula is C18H26O3. The molecule has 3 nitrogen and oxygen atoms in total. The fraction of sp³-hybridized carbons (Fsp3) is 0.667. The molecule has 1 heterocycles. The maximum absolute atomic E-state index is 9.96. The summed E-state index contributed by atoms with van der Waals surface area (Å²) >= 11 is 0. The molecule has 0 amide bonds. The van der Waals surface area contributed by atoms with E-state index in [-0.39, 0.29) is 11.7 Å². The van der Waals surface area contributed by atoms with Crippen LogP contribution >= 0.6 is 0 Å². The summed E-state index contributed by atoms with van der Waals surface area (Å²) in [6, 6.07) is 6.06. The number of ether oxygens (including phenoxy) is 2. The molecule has 1 N–H and O–H groups in total. The van der Waals surface area contributed by atoms with Crippen LogP contribution in [0.2, 0.25) is 0 Å². The van der Waals surface area contributed by atoms with Crippen molar-refractivity contribution in [3.8, 4) is 5.75 Å². The zero-order chi connectivity index (χ0) is 14.9. The molecule has 3 heteroatoms. The number of hydrogen-bond donors (Lipinski definition) is 1. The Balaban J connectivity index is 1.74. The second kappa shape index (κ2) is 5.98. The minimum absolute atomic E-state index is 0.0681. The number of benzene rings is 1. The third kappa shape index (κ3) is 3.24. The third-order valence-corrected chi connectivity index (χ3v) is 4.87. The first-order valence-electron chi connectivity index (χ1n) is 8.17. The van der Waals surface area contributed by atoms with Gasteiger partial charge in [0.15, 0.2) is 0 Å². The lowest BCUT2D eigenvalue weighted by Gasteiger charge is -2.38. The van der Waals surface area contributed by atoms with Gasteiger partial charge in [0.2, 0.25) is 0 Å². The first-order valence-corrected chi connectivity index (χ1v) is 8.17. The fourth-order valence-electron chi connectivity index (χ4n) is 3.73. The molecule has 2 atom stereocenters. The molecule has 0 bridgehead atoms. The molecule has 1 saturated carbocycles. The van der Waals surface area contributed by atoms with Gasteiger partial charge in [-0.25, -0.2) is 0 Å².